The van der Waals surface area contributed by atoms with Gasteiger partial charge in [-0.3, -0.25) is 9.36 Å². The first kappa shape index (κ1) is 27.7. The molecule has 0 radical (unpaired) electrons. The lowest BCUT2D eigenvalue weighted by Crippen LogP contribution is -2.11. The number of ether oxygens (including phenoxy) is 1. The maximum Gasteiger partial charge on any atom is 0.153 e. The van der Waals surface area contributed by atoms with Crippen LogP contribution in [0.4, 0.5) is 5.82 Å². The van der Waals surface area contributed by atoms with Gasteiger partial charge >= 0.3 is 0 Å². The number of aromatic nitrogens is 4. The molecule has 4 heterocycles. The lowest BCUT2D eigenvalue weighted by molar-refractivity contribution is 0.183. The number of allylic oxidation sites excluding steroid dienone is 7. The molecule has 6 rings (SSSR count). The molecule has 0 amide bonds. The Morgan fingerprint density at radius 2 is 1.98 bits per heavy atom. The van der Waals surface area contributed by atoms with E-state index in [9.17, 15) is 0 Å². The van der Waals surface area contributed by atoms with Gasteiger partial charge in [0.05, 0.1) is 24.5 Å². The van der Waals surface area contributed by atoms with Gasteiger partial charge in [-0.15, -0.1) is 0 Å². The summed E-state index contributed by atoms with van der Waals surface area (Å²) in [5, 5.41) is 12.9. The predicted molar refractivity (Wildman–Crippen MR) is 170 cm³/mol. The number of hydrogen-bond donors (Lipinski definition) is 1. The van der Waals surface area contributed by atoms with E-state index in [4.69, 9.17) is 14.8 Å². The molecular formula is C34H39N7O. The molecule has 2 aromatic heterocycles. The van der Waals surface area contributed by atoms with Crippen LogP contribution in [0, 0.1) is 0 Å². The Hall–Kier alpha value is -4.43. The fourth-order valence-corrected chi connectivity index (χ4v) is 5.79. The molecule has 1 aliphatic carbocycles. The average Bonchev–Trinajstić information content (AvgIpc) is 3.50. The molecule has 42 heavy (non-hydrogen) atoms. The van der Waals surface area contributed by atoms with E-state index in [0.29, 0.717) is 13.2 Å². The van der Waals surface area contributed by atoms with Crippen molar-refractivity contribution in [2.45, 2.75) is 39.2 Å². The lowest BCUT2D eigenvalue weighted by Gasteiger charge is -2.18. The van der Waals surface area contributed by atoms with Crippen molar-refractivity contribution < 1.29 is 4.74 Å². The molecule has 0 bridgehead atoms. The van der Waals surface area contributed by atoms with Crippen LogP contribution in [0.5, 0.6) is 0 Å². The van der Waals surface area contributed by atoms with Gasteiger partial charge in [-0.1, -0.05) is 48.1 Å². The fraction of sp³-hybridized carbons (Fsp3) is 0.324. The van der Waals surface area contributed by atoms with E-state index >= 15 is 0 Å². The van der Waals surface area contributed by atoms with E-state index in [2.05, 4.69) is 89.7 Å². The van der Waals surface area contributed by atoms with Crippen LogP contribution >= 0.6 is 0 Å². The van der Waals surface area contributed by atoms with Crippen molar-refractivity contribution in [1.82, 2.24) is 24.5 Å². The molecule has 0 spiro atoms. The monoisotopic (exact) mass is 561 g/mol. The number of fused-ring (bicyclic) bond motifs is 2. The summed E-state index contributed by atoms with van der Waals surface area (Å²) in [6, 6.07) is 10.9. The Morgan fingerprint density at radius 1 is 1.07 bits per heavy atom. The van der Waals surface area contributed by atoms with Gasteiger partial charge in [0.1, 0.15) is 5.82 Å². The molecule has 3 aliphatic rings. The first-order valence-electron chi connectivity index (χ1n) is 14.7. The van der Waals surface area contributed by atoms with Gasteiger partial charge in [-0.05, 0) is 60.1 Å². The number of nitrogens with zero attached hydrogens (tertiary/aromatic N) is 6. The molecule has 8 nitrogen and oxygen atoms in total. The fourth-order valence-electron chi connectivity index (χ4n) is 5.79. The van der Waals surface area contributed by atoms with Crippen molar-refractivity contribution in [2.75, 3.05) is 32.6 Å². The summed E-state index contributed by atoms with van der Waals surface area (Å²) >= 11 is 0. The number of rotatable bonds is 8. The van der Waals surface area contributed by atoms with Crippen molar-refractivity contribution >= 4 is 23.2 Å². The highest BCUT2D eigenvalue weighted by Gasteiger charge is 2.25. The molecule has 8 heteroatoms. The van der Waals surface area contributed by atoms with Gasteiger partial charge in [-0.25, -0.2) is 4.99 Å². The second kappa shape index (κ2) is 12.2. The van der Waals surface area contributed by atoms with Crippen molar-refractivity contribution in [3.8, 4) is 0 Å². The summed E-state index contributed by atoms with van der Waals surface area (Å²) in [6.45, 7) is 4.61. The number of aliphatic imine (C=N–C) groups is 1. The number of anilines is 1. The van der Waals surface area contributed by atoms with Crippen LogP contribution in [0.2, 0.25) is 0 Å². The Balaban J connectivity index is 1.25. The summed E-state index contributed by atoms with van der Waals surface area (Å²) in [7, 11) is 5.92. The first-order valence-corrected chi connectivity index (χ1v) is 14.7. The minimum absolute atomic E-state index is 0.623. The zero-order chi connectivity index (χ0) is 29.1. The number of methoxy groups -OCH3 is 1. The van der Waals surface area contributed by atoms with Crippen molar-refractivity contribution in [3.63, 3.8) is 0 Å². The third kappa shape index (κ3) is 6.09. The van der Waals surface area contributed by atoms with Crippen LogP contribution in [0.25, 0.3) is 11.1 Å². The quantitative estimate of drug-likeness (QED) is 0.378. The van der Waals surface area contributed by atoms with E-state index in [0.717, 1.165) is 49.6 Å². The number of aryl methyl sites for hydroxylation is 2. The maximum atomic E-state index is 5.15. The predicted octanol–water partition coefficient (Wildman–Crippen LogP) is 5.77. The molecular weight excluding hydrogens is 522 g/mol. The standard InChI is InChI=1S/C34H39N7O/c1-24-13-15-39(2)23-28(19-24)26-8-5-7-25(20-26)21-31-34-29-9-6-10-32(36-33-14-16-41(38-33)17-18-42-4)35-22-27(29)11-12-30(34)37-40(31)3/h5-10,14,16,19-20,22-23H,11-13,15,17-18,21H2,1-4H3,(H,35,36,38). The third-order valence-electron chi connectivity index (χ3n) is 8.03. The molecule has 0 saturated carbocycles. The van der Waals surface area contributed by atoms with Crippen LogP contribution < -0.4 is 5.32 Å². The van der Waals surface area contributed by atoms with Gasteiger partial charge in [0.25, 0.3) is 0 Å². The maximum absolute atomic E-state index is 5.15. The minimum atomic E-state index is 0.623. The van der Waals surface area contributed by atoms with Crippen LogP contribution in [0.15, 0.2) is 89.0 Å². The Kier molecular flexibility index (Phi) is 8.06. The highest BCUT2D eigenvalue weighted by atomic mass is 16.5. The van der Waals surface area contributed by atoms with E-state index in [-0.39, 0.29) is 0 Å². The smallest absolute Gasteiger partial charge is 0.153 e. The summed E-state index contributed by atoms with van der Waals surface area (Å²) < 4.78 is 9.09. The van der Waals surface area contributed by atoms with Crippen LogP contribution in [0.1, 0.15) is 47.8 Å². The molecule has 1 N–H and O–H groups in total. The molecule has 0 saturated heterocycles. The zero-order valence-electron chi connectivity index (χ0n) is 25.0. The summed E-state index contributed by atoms with van der Waals surface area (Å²) in [6.07, 6.45) is 18.5. The molecule has 1 aromatic carbocycles. The molecule has 3 aromatic rings. The van der Waals surface area contributed by atoms with E-state index < -0.39 is 0 Å². The Morgan fingerprint density at radius 3 is 2.86 bits per heavy atom. The number of benzene rings is 1. The summed E-state index contributed by atoms with van der Waals surface area (Å²) in [4.78, 5) is 7.10. The average molecular weight is 562 g/mol. The SMILES string of the molecule is COCCn1ccc(NC2=C/C=C/C3=C(C=N2)CCc2nn(C)c(Cc4cccc(C5=CN(C)CCC(C)=C5)c4)c23)n1. The van der Waals surface area contributed by atoms with E-state index in [1.807, 2.05) is 29.2 Å². The highest BCUT2D eigenvalue weighted by molar-refractivity contribution is 5.97. The van der Waals surface area contributed by atoms with Crippen molar-refractivity contribution in [1.29, 1.82) is 0 Å². The van der Waals surface area contributed by atoms with Gasteiger partial charge in [0, 0.05) is 64.4 Å². The third-order valence-corrected chi connectivity index (χ3v) is 8.03. The van der Waals surface area contributed by atoms with Crippen LogP contribution in [-0.2, 0) is 31.2 Å². The van der Waals surface area contributed by atoms with Crippen molar-refractivity contribution in [3.05, 3.63) is 112 Å². The lowest BCUT2D eigenvalue weighted by atomic mass is 9.86. The molecule has 216 valence electrons. The summed E-state index contributed by atoms with van der Waals surface area (Å²) in [5.41, 5.74) is 11.3. The molecule has 0 fully saturated rings. The molecule has 0 unspecified atom stereocenters. The zero-order valence-corrected chi connectivity index (χ0v) is 25.0. The Bertz CT molecular complexity index is 1660. The van der Waals surface area contributed by atoms with Crippen LogP contribution in [-0.4, -0.2) is 58.0 Å². The first-order chi connectivity index (χ1) is 20.5. The van der Waals surface area contributed by atoms with Gasteiger partial charge in [-0.2, -0.15) is 10.2 Å². The molecule has 0 atom stereocenters. The van der Waals surface area contributed by atoms with Gasteiger partial charge in [0.2, 0.25) is 0 Å². The van der Waals surface area contributed by atoms with E-state index in [1.165, 1.54) is 44.7 Å². The second-order valence-corrected chi connectivity index (χ2v) is 11.3. The van der Waals surface area contributed by atoms with Crippen LogP contribution in [0.3, 0.4) is 0 Å². The molecule has 2 aliphatic heterocycles. The number of nitrogens with one attached hydrogen (secondary N) is 1. The summed E-state index contributed by atoms with van der Waals surface area (Å²) in [5.74, 6) is 1.52. The topological polar surface area (TPSA) is 72.5 Å². The largest absolute Gasteiger partial charge is 0.383 e. The minimum Gasteiger partial charge on any atom is -0.383 e. The van der Waals surface area contributed by atoms with Gasteiger partial charge < -0.3 is 15.0 Å². The Labute approximate surface area is 248 Å². The van der Waals surface area contributed by atoms with E-state index in [1.54, 1.807) is 7.11 Å². The highest BCUT2D eigenvalue weighted by Crippen LogP contribution is 2.36. The number of hydrogen-bond acceptors (Lipinski definition) is 6. The van der Waals surface area contributed by atoms with Crippen molar-refractivity contribution in [2.24, 2.45) is 12.0 Å². The van der Waals surface area contributed by atoms with Gasteiger partial charge in [0.15, 0.2) is 5.82 Å². The second-order valence-electron chi connectivity index (χ2n) is 11.3. The normalized spacial score (nSPS) is 17.4.